The quantitative estimate of drug-likeness (QED) is 0.668. The lowest BCUT2D eigenvalue weighted by Crippen LogP contribution is -2.27. The van der Waals surface area contributed by atoms with Crippen molar-refractivity contribution in [2.24, 2.45) is 5.92 Å². The fraction of sp³-hybridized carbons (Fsp3) is 0.550. The predicted molar refractivity (Wildman–Crippen MR) is 104 cm³/mol. The van der Waals surface area contributed by atoms with Crippen LogP contribution >= 0.6 is 0 Å². The highest BCUT2D eigenvalue weighted by molar-refractivity contribution is 5.70. The molecule has 1 heterocycles. The van der Waals surface area contributed by atoms with Crippen molar-refractivity contribution >= 4 is 0 Å². The first kappa shape index (κ1) is 22.2. The summed E-state index contributed by atoms with van der Waals surface area (Å²) in [5.41, 5.74) is 1.26. The van der Waals surface area contributed by atoms with Gasteiger partial charge >= 0.3 is 6.18 Å². The summed E-state index contributed by atoms with van der Waals surface area (Å²) < 4.78 is 46.4. The van der Waals surface area contributed by atoms with E-state index in [9.17, 15) is 13.2 Å². The number of hydrogen-bond donors (Lipinski definition) is 2. The lowest BCUT2D eigenvalue weighted by Gasteiger charge is -2.19. The predicted octanol–water partition coefficient (Wildman–Crippen LogP) is 4.09. The van der Waals surface area contributed by atoms with Crippen LogP contribution in [0.15, 0.2) is 18.3 Å². The molecule has 0 aliphatic rings. The number of hydrogen-bond acceptors (Lipinski definition) is 4. The van der Waals surface area contributed by atoms with Crippen LogP contribution in [-0.4, -0.2) is 48.9 Å². The van der Waals surface area contributed by atoms with Crippen LogP contribution in [-0.2, 0) is 12.7 Å². The number of nitrogens with one attached hydrogen (secondary N) is 2. The lowest BCUT2D eigenvalue weighted by atomic mass is 9.97. The zero-order valence-corrected chi connectivity index (χ0v) is 17.1. The van der Waals surface area contributed by atoms with Crippen LogP contribution in [0.4, 0.5) is 13.2 Å². The Bertz CT molecular complexity index is 771. The van der Waals surface area contributed by atoms with Gasteiger partial charge in [-0.15, -0.1) is 0 Å². The zero-order valence-electron chi connectivity index (χ0n) is 17.1. The number of nitrogens with zero attached hydrogens (tertiary/aromatic N) is 2. The van der Waals surface area contributed by atoms with E-state index in [0.29, 0.717) is 24.4 Å². The van der Waals surface area contributed by atoms with Crippen molar-refractivity contribution < 1.29 is 17.9 Å². The number of aromatic nitrogens is 2. The number of rotatable bonds is 9. The highest BCUT2D eigenvalue weighted by Gasteiger charge is 2.34. The van der Waals surface area contributed by atoms with Crippen LogP contribution in [0.5, 0.6) is 5.75 Å². The van der Waals surface area contributed by atoms with Gasteiger partial charge in [-0.1, -0.05) is 13.8 Å². The molecule has 0 atom stereocenters. The van der Waals surface area contributed by atoms with Gasteiger partial charge in [-0.05, 0) is 44.6 Å². The third kappa shape index (κ3) is 5.72. The van der Waals surface area contributed by atoms with Crippen molar-refractivity contribution in [2.75, 3.05) is 33.8 Å². The van der Waals surface area contributed by atoms with E-state index in [0.717, 1.165) is 24.7 Å². The maximum Gasteiger partial charge on any atom is 0.416 e. The van der Waals surface area contributed by atoms with E-state index in [1.54, 1.807) is 12.3 Å². The fourth-order valence-electron chi connectivity index (χ4n) is 2.92. The molecule has 0 saturated carbocycles. The van der Waals surface area contributed by atoms with E-state index in [1.807, 2.05) is 27.9 Å². The maximum absolute atomic E-state index is 13.6. The second-order valence-corrected chi connectivity index (χ2v) is 7.45. The Balaban J connectivity index is 2.44. The largest absolute Gasteiger partial charge is 0.493 e. The van der Waals surface area contributed by atoms with E-state index in [1.165, 1.54) is 6.92 Å². The molecule has 2 aromatic rings. The van der Waals surface area contributed by atoms with Gasteiger partial charge in [0.1, 0.15) is 5.75 Å². The minimum atomic E-state index is -4.46. The molecule has 0 spiro atoms. The van der Waals surface area contributed by atoms with Crippen molar-refractivity contribution in [3.63, 3.8) is 0 Å². The molecule has 0 unspecified atom stereocenters. The molecule has 0 aliphatic heterocycles. The molecule has 2 rings (SSSR count). The van der Waals surface area contributed by atoms with Gasteiger partial charge in [0.05, 0.1) is 17.9 Å². The van der Waals surface area contributed by atoms with Crippen molar-refractivity contribution in [1.82, 2.24) is 20.4 Å². The Morgan fingerprint density at radius 1 is 1.29 bits per heavy atom. The topological polar surface area (TPSA) is 53.2 Å². The van der Waals surface area contributed by atoms with Crippen LogP contribution in [0.3, 0.4) is 0 Å². The van der Waals surface area contributed by atoms with E-state index in [-0.39, 0.29) is 17.2 Å². The Kier molecular flexibility index (Phi) is 7.48. The highest BCUT2D eigenvalue weighted by Crippen LogP contribution is 2.39. The van der Waals surface area contributed by atoms with Gasteiger partial charge in [0.15, 0.2) is 0 Å². The van der Waals surface area contributed by atoms with Gasteiger partial charge in [0.25, 0.3) is 0 Å². The second-order valence-electron chi connectivity index (χ2n) is 7.45. The lowest BCUT2D eigenvalue weighted by molar-refractivity contribution is -0.138. The van der Waals surface area contributed by atoms with Gasteiger partial charge in [-0.3, -0.25) is 5.10 Å². The summed E-state index contributed by atoms with van der Waals surface area (Å²) in [7, 11) is 3.84. The number of H-pyrrole nitrogens is 1. The molecule has 8 heteroatoms. The molecule has 1 aromatic heterocycles. The summed E-state index contributed by atoms with van der Waals surface area (Å²) in [6.07, 6.45) is -2.73. The minimum Gasteiger partial charge on any atom is -0.493 e. The van der Waals surface area contributed by atoms with Crippen molar-refractivity contribution in [2.45, 2.75) is 33.5 Å². The number of aromatic amines is 1. The smallest absolute Gasteiger partial charge is 0.416 e. The summed E-state index contributed by atoms with van der Waals surface area (Å²) in [6.45, 7) is 7.93. The summed E-state index contributed by atoms with van der Waals surface area (Å²) in [5.74, 6) is 0.417. The molecule has 2 N–H and O–H groups in total. The van der Waals surface area contributed by atoms with E-state index >= 15 is 0 Å². The molecule has 0 saturated heterocycles. The number of ether oxygens (including phenoxy) is 1. The standard InChI is InChI=1S/C20H29F3N4O/c1-13(2)12-28-16-8-17(14(3)18(9-16)20(21,22)23)19-15(10-25-26-19)11-27(5)7-6-24-4/h8-10,13,24H,6-7,11-12H2,1-5H3,(H,25,26). The number of halogens is 3. The third-order valence-corrected chi connectivity index (χ3v) is 4.43. The molecule has 5 nitrogen and oxygen atoms in total. The zero-order chi connectivity index (χ0) is 20.9. The van der Waals surface area contributed by atoms with Crippen LogP contribution in [0.25, 0.3) is 11.3 Å². The van der Waals surface area contributed by atoms with Crippen LogP contribution < -0.4 is 10.1 Å². The molecule has 0 amide bonds. The summed E-state index contributed by atoms with van der Waals surface area (Å²) in [4.78, 5) is 2.09. The third-order valence-electron chi connectivity index (χ3n) is 4.43. The second kappa shape index (κ2) is 9.43. The van der Waals surface area contributed by atoms with Gasteiger partial charge in [-0.2, -0.15) is 18.3 Å². The monoisotopic (exact) mass is 398 g/mol. The number of alkyl halides is 3. The molecule has 1 aromatic carbocycles. The molecule has 0 fully saturated rings. The number of benzene rings is 1. The molecular formula is C20H29F3N4O. The molecule has 0 bridgehead atoms. The molecule has 156 valence electrons. The maximum atomic E-state index is 13.6. The minimum absolute atomic E-state index is 0.149. The van der Waals surface area contributed by atoms with E-state index in [2.05, 4.69) is 20.4 Å². The normalized spacial score (nSPS) is 12.2. The van der Waals surface area contributed by atoms with Gasteiger partial charge in [-0.25, -0.2) is 0 Å². The fourth-order valence-corrected chi connectivity index (χ4v) is 2.92. The van der Waals surface area contributed by atoms with Gasteiger partial charge < -0.3 is 15.0 Å². The SMILES string of the molecule is CNCCN(C)Cc1c[nH]nc1-c1cc(OCC(C)C)cc(C(F)(F)F)c1C. The first-order chi connectivity index (χ1) is 13.1. The Hall–Kier alpha value is -2.06. The molecular weight excluding hydrogens is 369 g/mol. The van der Waals surface area contributed by atoms with Crippen molar-refractivity contribution in [3.8, 4) is 17.0 Å². The van der Waals surface area contributed by atoms with Crippen molar-refractivity contribution in [3.05, 3.63) is 35.0 Å². The van der Waals surface area contributed by atoms with Crippen LogP contribution in [0.2, 0.25) is 0 Å². The van der Waals surface area contributed by atoms with Crippen LogP contribution in [0.1, 0.15) is 30.5 Å². The summed E-state index contributed by atoms with van der Waals surface area (Å²) in [6, 6.07) is 2.73. The summed E-state index contributed by atoms with van der Waals surface area (Å²) >= 11 is 0. The van der Waals surface area contributed by atoms with Gasteiger partial charge in [0.2, 0.25) is 0 Å². The van der Waals surface area contributed by atoms with E-state index in [4.69, 9.17) is 4.74 Å². The first-order valence-corrected chi connectivity index (χ1v) is 9.34. The van der Waals surface area contributed by atoms with Gasteiger partial charge in [0, 0.05) is 37.0 Å². The highest BCUT2D eigenvalue weighted by atomic mass is 19.4. The Morgan fingerprint density at radius 3 is 2.61 bits per heavy atom. The van der Waals surface area contributed by atoms with Crippen LogP contribution in [0, 0.1) is 12.8 Å². The average molecular weight is 398 g/mol. The number of likely N-dealkylation sites (N-methyl/N-ethyl adjacent to an activating group) is 2. The first-order valence-electron chi connectivity index (χ1n) is 9.34. The molecule has 0 aliphatic carbocycles. The Morgan fingerprint density at radius 2 is 2.00 bits per heavy atom. The van der Waals surface area contributed by atoms with E-state index < -0.39 is 11.7 Å². The molecule has 28 heavy (non-hydrogen) atoms. The molecule has 0 radical (unpaired) electrons. The average Bonchev–Trinajstić information content (AvgIpc) is 3.05. The van der Waals surface area contributed by atoms with Crippen molar-refractivity contribution in [1.29, 1.82) is 0 Å². The Labute approximate surface area is 164 Å². The summed E-state index contributed by atoms with van der Waals surface area (Å²) in [5, 5.41) is 10.1.